The number of rotatable bonds is 8. The van der Waals surface area contributed by atoms with Gasteiger partial charge in [0, 0.05) is 12.3 Å². The standard InChI is InChI=1S/C17H24O6S/c1-2-6-15-14(17(20)16(23-15)9-12(19)10-18)11-24(21,22)13-7-4-3-5-8-13/h2-5,7-8,12,14-20H,1,6,9-11H2/t12-,14?,15-,16?,17+/m0/s1. The SMILES string of the molecule is C=CC[C@@H]1OC(C[C@H](O)CO)[C@H](O)C1CS(=O)(=O)c1ccccc1. The summed E-state index contributed by atoms with van der Waals surface area (Å²) in [5.41, 5.74) is 0. The topological polar surface area (TPSA) is 104 Å². The summed E-state index contributed by atoms with van der Waals surface area (Å²) < 4.78 is 30.9. The monoisotopic (exact) mass is 356 g/mol. The van der Waals surface area contributed by atoms with Crippen molar-refractivity contribution in [2.24, 2.45) is 5.92 Å². The van der Waals surface area contributed by atoms with E-state index in [4.69, 9.17) is 9.84 Å². The molecule has 0 aliphatic carbocycles. The Kier molecular flexibility index (Phi) is 6.54. The van der Waals surface area contributed by atoms with Gasteiger partial charge in [-0.05, 0) is 18.6 Å². The summed E-state index contributed by atoms with van der Waals surface area (Å²) in [6.07, 6.45) is -1.19. The van der Waals surface area contributed by atoms with Crippen molar-refractivity contribution in [1.82, 2.24) is 0 Å². The highest BCUT2D eigenvalue weighted by molar-refractivity contribution is 7.91. The highest BCUT2D eigenvalue weighted by atomic mass is 32.2. The molecule has 5 atom stereocenters. The Labute approximate surface area is 142 Å². The van der Waals surface area contributed by atoms with E-state index in [-0.39, 0.29) is 17.1 Å². The van der Waals surface area contributed by atoms with E-state index in [0.29, 0.717) is 6.42 Å². The summed E-state index contributed by atoms with van der Waals surface area (Å²) in [5.74, 6) is -0.869. The zero-order valence-corrected chi connectivity index (χ0v) is 14.2. The van der Waals surface area contributed by atoms with Crippen molar-refractivity contribution in [3.8, 4) is 0 Å². The largest absolute Gasteiger partial charge is 0.394 e. The van der Waals surface area contributed by atoms with Gasteiger partial charge in [0.25, 0.3) is 0 Å². The van der Waals surface area contributed by atoms with Crippen LogP contribution < -0.4 is 0 Å². The second kappa shape index (κ2) is 8.22. The molecule has 1 aromatic carbocycles. The fourth-order valence-electron chi connectivity index (χ4n) is 3.02. The van der Waals surface area contributed by atoms with Crippen LogP contribution in [0.25, 0.3) is 0 Å². The zero-order valence-electron chi connectivity index (χ0n) is 13.4. The number of aliphatic hydroxyl groups is 3. The van der Waals surface area contributed by atoms with E-state index >= 15 is 0 Å². The first-order chi connectivity index (χ1) is 11.4. The van der Waals surface area contributed by atoms with E-state index in [9.17, 15) is 18.6 Å². The Morgan fingerprint density at radius 1 is 1.25 bits per heavy atom. The van der Waals surface area contributed by atoms with Gasteiger partial charge in [-0.15, -0.1) is 6.58 Å². The molecule has 0 spiro atoms. The maximum atomic E-state index is 12.6. The van der Waals surface area contributed by atoms with Crippen LogP contribution in [0.1, 0.15) is 12.8 Å². The van der Waals surface area contributed by atoms with Gasteiger partial charge >= 0.3 is 0 Å². The molecule has 134 valence electrons. The van der Waals surface area contributed by atoms with Gasteiger partial charge in [-0.1, -0.05) is 24.3 Å². The Hall–Kier alpha value is -1.25. The van der Waals surface area contributed by atoms with E-state index < -0.39 is 46.8 Å². The van der Waals surface area contributed by atoms with Crippen LogP contribution in [0.15, 0.2) is 47.9 Å². The maximum absolute atomic E-state index is 12.6. The van der Waals surface area contributed by atoms with Gasteiger partial charge in [-0.25, -0.2) is 8.42 Å². The number of benzene rings is 1. The predicted molar refractivity (Wildman–Crippen MR) is 89.2 cm³/mol. The molecule has 24 heavy (non-hydrogen) atoms. The minimum absolute atomic E-state index is 0.0488. The molecule has 1 heterocycles. The van der Waals surface area contributed by atoms with Gasteiger partial charge in [0.1, 0.15) is 0 Å². The average molecular weight is 356 g/mol. The maximum Gasteiger partial charge on any atom is 0.178 e. The molecule has 2 rings (SSSR count). The van der Waals surface area contributed by atoms with E-state index in [2.05, 4.69) is 6.58 Å². The molecule has 3 N–H and O–H groups in total. The van der Waals surface area contributed by atoms with Crippen molar-refractivity contribution >= 4 is 9.84 Å². The predicted octanol–water partition coefficient (Wildman–Crippen LogP) is 0.524. The zero-order chi connectivity index (χ0) is 17.7. The summed E-state index contributed by atoms with van der Waals surface area (Å²) in [7, 11) is -3.57. The van der Waals surface area contributed by atoms with Crippen molar-refractivity contribution in [3.05, 3.63) is 43.0 Å². The summed E-state index contributed by atoms with van der Waals surface area (Å²) in [5, 5.41) is 29.0. The minimum atomic E-state index is -3.57. The molecule has 0 radical (unpaired) electrons. The Bertz CT molecular complexity index is 630. The van der Waals surface area contributed by atoms with Crippen LogP contribution in [0.2, 0.25) is 0 Å². The third-order valence-corrected chi connectivity index (χ3v) is 6.09. The van der Waals surface area contributed by atoms with Crippen molar-refractivity contribution in [2.75, 3.05) is 12.4 Å². The molecular formula is C17H24O6S. The molecule has 1 aliphatic heterocycles. The van der Waals surface area contributed by atoms with Gasteiger partial charge in [-0.2, -0.15) is 0 Å². The third-order valence-electron chi connectivity index (χ3n) is 4.28. The van der Waals surface area contributed by atoms with Gasteiger partial charge < -0.3 is 20.1 Å². The van der Waals surface area contributed by atoms with Crippen LogP contribution in [0.3, 0.4) is 0 Å². The average Bonchev–Trinajstić information content (AvgIpc) is 2.84. The number of aliphatic hydroxyl groups excluding tert-OH is 3. The number of ether oxygens (including phenoxy) is 1. The van der Waals surface area contributed by atoms with Gasteiger partial charge in [-0.3, -0.25) is 0 Å². The van der Waals surface area contributed by atoms with Crippen LogP contribution in [-0.2, 0) is 14.6 Å². The third kappa shape index (κ3) is 4.43. The number of sulfone groups is 1. The lowest BCUT2D eigenvalue weighted by Crippen LogP contribution is -2.35. The first-order valence-electron chi connectivity index (χ1n) is 7.90. The second-order valence-corrected chi connectivity index (χ2v) is 8.09. The molecule has 0 amide bonds. The van der Waals surface area contributed by atoms with E-state index in [1.54, 1.807) is 24.3 Å². The van der Waals surface area contributed by atoms with Gasteiger partial charge in [0.2, 0.25) is 0 Å². The minimum Gasteiger partial charge on any atom is -0.394 e. The van der Waals surface area contributed by atoms with E-state index in [0.717, 1.165) is 0 Å². The summed E-state index contributed by atoms with van der Waals surface area (Å²) in [4.78, 5) is 0.202. The van der Waals surface area contributed by atoms with Crippen LogP contribution >= 0.6 is 0 Å². The van der Waals surface area contributed by atoms with E-state index in [1.165, 1.54) is 12.1 Å². The first-order valence-corrected chi connectivity index (χ1v) is 9.55. The summed E-state index contributed by atoms with van der Waals surface area (Å²) in [6.45, 7) is 3.20. The van der Waals surface area contributed by atoms with Crippen molar-refractivity contribution in [3.63, 3.8) is 0 Å². The van der Waals surface area contributed by atoms with Crippen LogP contribution in [-0.4, -0.2) is 60.5 Å². The Balaban J connectivity index is 2.18. The molecule has 0 aromatic heterocycles. The smallest absolute Gasteiger partial charge is 0.178 e. The number of hydrogen-bond acceptors (Lipinski definition) is 6. The molecular weight excluding hydrogens is 332 g/mol. The van der Waals surface area contributed by atoms with Crippen LogP contribution in [0.5, 0.6) is 0 Å². The quantitative estimate of drug-likeness (QED) is 0.587. The highest BCUT2D eigenvalue weighted by Crippen LogP contribution is 2.34. The van der Waals surface area contributed by atoms with Gasteiger partial charge in [0.05, 0.1) is 41.7 Å². The molecule has 7 heteroatoms. The summed E-state index contributed by atoms with van der Waals surface area (Å²) >= 11 is 0. The van der Waals surface area contributed by atoms with Crippen molar-refractivity contribution in [2.45, 2.75) is 42.2 Å². The van der Waals surface area contributed by atoms with E-state index in [1.807, 2.05) is 0 Å². The van der Waals surface area contributed by atoms with Crippen molar-refractivity contribution in [1.29, 1.82) is 0 Å². The lowest BCUT2D eigenvalue weighted by Gasteiger charge is -2.20. The molecule has 0 saturated carbocycles. The first kappa shape index (κ1) is 19.1. The summed E-state index contributed by atoms with van der Waals surface area (Å²) in [6, 6.07) is 8.08. The molecule has 0 bridgehead atoms. The molecule has 6 nitrogen and oxygen atoms in total. The molecule has 2 unspecified atom stereocenters. The normalized spacial score (nSPS) is 28.6. The fraction of sp³-hybridized carbons (Fsp3) is 0.529. The Morgan fingerprint density at radius 3 is 2.50 bits per heavy atom. The molecule has 1 aromatic rings. The van der Waals surface area contributed by atoms with Gasteiger partial charge in [0.15, 0.2) is 9.84 Å². The molecule has 1 fully saturated rings. The van der Waals surface area contributed by atoms with Crippen LogP contribution in [0.4, 0.5) is 0 Å². The fourth-order valence-corrected chi connectivity index (χ4v) is 4.70. The highest BCUT2D eigenvalue weighted by Gasteiger charge is 2.45. The Morgan fingerprint density at radius 2 is 1.92 bits per heavy atom. The lowest BCUT2D eigenvalue weighted by molar-refractivity contribution is -0.0289. The second-order valence-electron chi connectivity index (χ2n) is 6.06. The number of hydrogen-bond donors (Lipinski definition) is 3. The van der Waals surface area contributed by atoms with Crippen LogP contribution in [0, 0.1) is 5.92 Å². The van der Waals surface area contributed by atoms with Crippen molar-refractivity contribution < 1.29 is 28.5 Å². The lowest BCUT2D eigenvalue weighted by atomic mass is 9.94. The molecule has 1 saturated heterocycles. The molecule has 1 aliphatic rings.